The summed E-state index contributed by atoms with van der Waals surface area (Å²) in [7, 11) is 0. The minimum absolute atomic E-state index is 0.0122. The van der Waals surface area contributed by atoms with Gasteiger partial charge in [-0.3, -0.25) is 14.6 Å². The predicted molar refractivity (Wildman–Crippen MR) is 73.4 cm³/mol. The first-order valence-corrected chi connectivity index (χ1v) is 6.34. The zero-order valence-corrected chi connectivity index (χ0v) is 11.7. The fraction of sp³-hybridized carbons (Fsp3) is 0.500. The quantitative estimate of drug-likeness (QED) is 0.829. The van der Waals surface area contributed by atoms with Crippen molar-refractivity contribution in [2.45, 2.75) is 27.2 Å². The average Bonchev–Trinajstić information content (AvgIpc) is 2.36. The van der Waals surface area contributed by atoms with E-state index in [9.17, 15) is 9.59 Å². The van der Waals surface area contributed by atoms with Gasteiger partial charge < -0.3 is 10.6 Å². The Hall–Kier alpha value is -1.91. The van der Waals surface area contributed by atoms with E-state index in [2.05, 4.69) is 15.6 Å². The van der Waals surface area contributed by atoms with Gasteiger partial charge in [-0.2, -0.15) is 0 Å². The Labute approximate surface area is 113 Å². The van der Waals surface area contributed by atoms with Crippen molar-refractivity contribution in [2.24, 2.45) is 5.41 Å². The molecule has 1 aromatic heterocycles. The second-order valence-electron chi connectivity index (χ2n) is 5.35. The van der Waals surface area contributed by atoms with Gasteiger partial charge in [-0.25, -0.2) is 0 Å². The number of nitrogens with zero attached hydrogens (tertiary/aromatic N) is 1. The highest BCUT2D eigenvalue weighted by atomic mass is 16.2. The molecule has 0 aromatic carbocycles. The van der Waals surface area contributed by atoms with Crippen LogP contribution in [0.3, 0.4) is 0 Å². The average molecular weight is 263 g/mol. The van der Waals surface area contributed by atoms with Crippen LogP contribution in [0, 0.1) is 5.41 Å². The van der Waals surface area contributed by atoms with E-state index in [-0.39, 0.29) is 18.4 Å². The molecule has 0 fully saturated rings. The van der Waals surface area contributed by atoms with Crippen molar-refractivity contribution in [3.8, 4) is 0 Å². The maximum absolute atomic E-state index is 11.6. The van der Waals surface area contributed by atoms with E-state index in [1.807, 2.05) is 18.2 Å². The van der Waals surface area contributed by atoms with Gasteiger partial charge in [0.05, 0.1) is 6.54 Å². The number of rotatable bonds is 5. The minimum atomic E-state index is -0.478. The van der Waals surface area contributed by atoms with Gasteiger partial charge in [0.15, 0.2) is 0 Å². The molecule has 0 aliphatic heterocycles. The van der Waals surface area contributed by atoms with Crippen LogP contribution in [0.25, 0.3) is 0 Å². The third-order valence-corrected chi connectivity index (χ3v) is 2.52. The highest BCUT2D eigenvalue weighted by Gasteiger charge is 2.21. The monoisotopic (exact) mass is 263 g/mol. The lowest BCUT2D eigenvalue weighted by molar-refractivity contribution is -0.131. The molecule has 0 unspecified atom stereocenters. The Balaban J connectivity index is 2.20. The second-order valence-corrected chi connectivity index (χ2v) is 5.35. The van der Waals surface area contributed by atoms with Crippen molar-refractivity contribution < 1.29 is 9.59 Å². The molecule has 0 saturated heterocycles. The van der Waals surface area contributed by atoms with E-state index < -0.39 is 5.41 Å². The normalized spacial score (nSPS) is 10.9. The van der Waals surface area contributed by atoms with E-state index in [1.54, 1.807) is 27.0 Å². The van der Waals surface area contributed by atoms with Gasteiger partial charge in [-0.05, 0) is 12.1 Å². The molecule has 0 spiro atoms. The number of carbonyl (C=O) groups excluding carboxylic acids is 2. The molecule has 2 amide bonds. The number of amides is 2. The summed E-state index contributed by atoms with van der Waals surface area (Å²) in [6, 6.07) is 5.67. The van der Waals surface area contributed by atoms with Gasteiger partial charge in [0, 0.05) is 30.3 Å². The molecule has 0 aliphatic rings. The van der Waals surface area contributed by atoms with E-state index in [4.69, 9.17) is 0 Å². The molecule has 5 heteroatoms. The maximum atomic E-state index is 11.6. The summed E-state index contributed by atoms with van der Waals surface area (Å²) >= 11 is 0. The van der Waals surface area contributed by atoms with Crippen molar-refractivity contribution >= 4 is 11.8 Å². The molecule has 1 aromatic rings. The highest BCUT2D eigenvalue weighted by Crippen LogP contribution is 2.11. The Morgan fingerprint density at radius 1 is 1.21 bits per heavy atom. The Bertz CT molecular complexity index is 424. The number of nitrogens with one attached hydrogen (secondary N) is 2. The summed E-state index contributed by atoms with van der Waals surface area (Å²) in [5.74, 6) is -0.319. The van der Waals surface area contributed by atoms with Crippen LogP contribution in [-0.2, 0) is 16.0 Å². The molecular weight excluding hydrogens is 242 g/mol. The molecule has 0 radical (unpaired) electrons. The van der Waals surface area contributed by atoms with Gasteiger partial charge in [-0.15, -0.1) is 0 Å². The van der Waals surface area contributed by atoms with Crippen LogP contribution in [0.15, 0.2) is 24.4 Å². The van der Waals surface area contributed by atoms with Crippen LogP contribution in [0.1, 0.15) is 26.5 Å². The third-order valence-electron chi connectivity index (χ3n) is 2.52. The van der Waals surface area contributed by atoms with Crippen LogP contribution in [0.2, 0.25) is 0 Å². The molecule has 0 saturated carbocycles. The van der Waals surface area contributed by atoms with Crippen molar-refractivity contribution in [1.82, 2.24) is 15.6 Å². The Morgan fingerprint density at radius 2 is 1.95 bits per heavy atom. The first kappa shape index (κ1) is 15.1. The first-order chi connectivity index (χ1) is 8.89. The Morgan fingerprint density at radius 3 is 2.53 bits per heavy atom. The lowest BCUT2D eigenvalue weighted by atomic mass is 9.96. The van der Waals surface area contributed by atoms with Crippen LogP contribution in [0.5, 0.6) is 0 Å². The lowest BCUT2D eigenvalue weighted by Gasteiger charge is -2.17. The van der Waals surface area contributed by atoms with Gasteiger partial charge in [0.2, 0.25) is 11.8 Å². The minimum Gasteiger partial charge on any atom is -0.354 e. The van der Waals surface area contributed by atoms with Crippen LogP contribution < -0.4 is 10.6 Å². The molecule has 19 heavy (non-hydrogen) atoms. The fourth-order valence-electron chi connectivity index (χ4n) is 1.36. The summed E-state index contributed by atoms with van der Waals surface area (Å²) in [6.07, 6.45) is 2.40. The first-order valence-electron chi connectivity index (χ1n) is 6.34. The van der Waals surface area contributed by atoms with Gasteiger partial charge in [-0.1, -0.05) is 26.8 Å². The van der Waals surface area contributed by atoms with Crippen molar-refractivity contribution in [1.29, 1.82) is 0 Å². The van der Waals surface area contributed by atoms with Crippen molar-refractivity contribution in [2.75, 3.05) is 13.1 Å². The molecule has 0 atom stereocenters. The SMILES string of the molecule is CC(C)(C)C(=O)NCC(=O)NCCc1ccccn1. The van der Waals surface area contributed by atoms with E-state index in [1.165, 1.54) is 0 Å². The van der Waals surface area contributed by atoms with Crippen LogP contribution in [0.4, 0.5) is 0 Å². The molecule has 0 aliphatic carbocycles. The number of aromatic nitrogens is 1. The zero-order valence-electron chi connectivity index (χ0n) is 11.7. The zero-order chi connectivity index (χ0) is 14.3. The standard InChI is InChI=1S/C14H21N3O2/c1-14(2,3)13(19)17-10-12(18)16-9-7-11-6-4-5-8-15-11/h4-6,8H,7,9-10H2,1-3H3,(H,16,18)(H,17,19). The number of pyridine rings is 1. The van der Waals surface area contributed by atoms with Crippen LogP contribution in [-0.4, -0.2) is 29.9 Å². The molecule has 104 valence electrons. The highest BCUT2D eigenvalue weighted by molar-refractivity contribution is 5.87. The molecule has 5 nitrogen and oxygen atoms in total. The van der Waals surface area contributed by atoms with E-state index >= 15 is 0 Å². The Kier molecular flexibility index (Phi) is 5.48. The lowest BCUT2D eigenvalue weighted by Crippen LogP contribution is -2.42. The van der Waals surface area contributed by atoms with Gasteiger partial charge in [0.1, 0.15) is 0 Å². The molecule has 2 N–H and O–H groups in total. The third kappa shape index (κ3) is 5.99. The number of hydrogen-bond donors (Lipinski definition) is 2. The smallest absolute Gasteiger partial charge is 0.239 e. The predicted octanol–water partition coefficient (Wildman–Crippen LogP) is 0.903. The molecule has 0 bridgehead atoms. The van der Waals surface area contributed by atoms with E-state index in [0.717, 1.165) is 5.69 Å². The topological polar surface area (TPSA) is 71.1 Å². The van der Waals surface area contributed by atoms with Crippen molar-refractivity contribution in [3.63, 3.8) is 0 Å². The van der Waals surface area contributed by atoms with Crippen LogP contribution >= 0.6 is 0 Å². The summed E-state index contributed by atoms with van der Waals surface area (Å²) in [5, 5.41) is 5.35. The van der Waals surface area contributed by atoms with Gasteiger partial charge in [0.25, 0.3) is 0 Å². The summed E-state index contributed by atoms with van der Waals surface area (Å²) < 4.78 is 0. The largest absolute Gasteiger partial charge is 0.354 e. The van der Waals surface area contributed by atoms with Gasteiger partial charge >= 0.3 is 0 Å². The molecule has 1 heterocycles. The fourth-order valence-corrected chi connectivity index (χ4v) is 1.36. The number of hydrogen-bond acceptors (Lipinski definition) is 3. The molecule has 1 rings (SSSR count). The summed E-state index contributed by atoms with van der Waals surface area (Å²) in [6.45, 7) is 5.95. The summed E-state index contributed by atoms with van der Waals surface area (Å²) in [5.41, 5.74) is 0.454. The maximum Gasteiger partial charge on any atom is 0.239 e. The second kappa shape index (κ2) is 6.87. The molecular formula is C14H21N3O2. The number of carbonyl (C=O) groups is 2. The van der Waals surface area contributed by atoms with Crippen molar-refractivity contribution in [3.05, 3.63) is 30.1 Å². The summed E-state index contributed by atoms with van der Waals surface area (Å²) in [4.78, 5) is 27.2. The van der Waals surface area contributed by atoms with E-state index in [0.29, 0.717) is 13.0 Å².